The van der Waals surface area contributed by atoms with Crippen molar-refractivity contribution in [3.63, 3.8) is 0 Å². The van der Waals surface area contributed by atoms with Crippen molar-refractivity contribution in [2.24, 2.45) is 0 Å². The van der Waals surface area contributed by atoms with Crippen LogP contribution in [-0.2, 0) is 20.4 Å². The minimum absolute atomic E-state index is 0.153. The Morgan fingerprint density at radius 1 is 1.38 bits per heavy atom. The Labute approximate surface area is 140 Å². The number of halogens is 2. The van der Waals surface area contributed by atoms with Crippen molar-refractivity contribution in [1.29, 1.82) is 0 Å². The molecular formula is C16H22F2N2O3S. The molecule has 5 nitrogen and oxygen atoms in total. The number of nitrogens with one attached hydrogen (secondary N) is 2. The Balaban J connectivity index is 2.07. The maximum absolute atomic E-state index is 13.1. The fourth-order valence-corrected chi connectivity index (χ4v) is 3.36. The number of amides is 1. The fraction of sp³-hybridized carbons (Fsp3) is 0.562. The molecule has 0 spiro atoms. The van der Waals surface area contributed by atoms with E-state index in [1.807, 2.05) is 0 Å². The predicted octanol–water partition coefficient (Wildman–Crippen LogP) is 2.34. The summed E-state index contributed by atoms with van der Waals surface area (Å²) >= 11 is 0. The highest BCUT2D eigenvalue weighted by atomic mass is 32.2. The van der Waals surface area contributed by atoms with E-state index in [9.17, 15) is 22.0 Å². The molecule has 0 bridgehead atoms. The summed E-state index contributed by atoms with van der Waals surface area (Å²) in [6.45, 7) is 4.36. The molecule has 0 aromatic heterocycles. The molecule has 1 aromatic carbocycles. The lowest BCUT2D eigenvalue weighted by Crippen LogP contribution is -2.35. The molecule has 1 unspecified atom stereocenters. The first-order valence-electron chi connectivity index (χ1n) is 7.63. The van der Waals surface area contributed by atoms with Gasteiger partial charge in [0.2, 0.25) is 5.91 Å². The normalized spacial score (nSPS) is 20.8. The second-order valence-corrected chi connectivity index (χ2v) is 9.80. The molecule has 0 aliphatic carbocycles. The maximum atomic E-state index is 13.1. The highest BCUT2D eigenvalue weighted by Gasteiger charge is 2.42. The van der Waals surface area contributed by atoms with E-state index in [1.54, 1.807) is 45.0 Å². The summed E-state index contributed by atoms with van der Waals surface area (Å²) < 4.78 is 49.9. The second kappa shape index (κ2) is 6.40. The van der Waals surface area contributed by atoms with Gasteiger partial charge in [0.1, 0.15) is 0 Å². The molecule has 1 fully saturated rings. The standard InChI is InChI=1S/C16H22F2N2O3S/c1-15(2,3)24(22,23)9-11-5-4-6-12(7-11)20-14(21)13-8-16(17,18)10-19-13/h4-7,13,19H,8-10H2,1-3H3,(H,20,21). The van der Waals surface area contributed by atoms with Gasteiger partial charge in [-0.25, -0.2) is 17.2 Å². The first-order valence-corrected chi connectivity index (χ1v) is 9.28. The SMILES string of the molecule is CC(C)(C)S(=O)(=O)Cc1cccc(NC(=O)C2CC(F)(F)CN2)c1. The number of hydrogen-bond donors (Lipinski definition) is 2. The fourth-order valence-electron chi connectivity index (χ4n) is 2.31. The van der Waals surface area contributed by atoms with Gasteiger partial charge in [0, 0.05) is 12.1 Å². The van der Waals surface area contributed by atoms with Crippen molar-refractivity contribution in [1.82, 2.24) is 5.32 Å². The van der Waals surface area contributed by atoms with Crippen molar-refractivity contribution in [3.05, 3.63) is 29.8 Å². The number of anilines is 1. The van der Waals surface area contributed by atoms with Gasteiger partial charge in [0.25, 0.3) is 5.92 Å². The summed E-state index contributed by atoms with van der Waals surface area (Å²) in [7, 11) is -3.35. The summed E-state index contributed by atoms with van der Waals surface area (Å²) in [6, 6.07) is 5.47. The van der Waals surface area contributed by atoms with Crippen LogP contribution in [0.1, 0.15) is 32.8 Å². The highest BCUT2D eigenvalue weighted by Crippen LogP contribution is 2.26. The zero-order chi connectivity index (χ0) is 18.2. The Morgan fingerprint density at radius 2 is 2.04 bits per heavy atom. The third-order valence-electron chi connectivity index (χ3n) is 3.91. The first kappa shape index (κ1) is 18.8. The molecule has 1 aliphatic heterocycles. The number of sulfone groups is 1. The number of benzene rings is 1. The van der Waals surface area contributed by atoms with Crippen LogP contribution in [0.4, 0.5) is 14.5 Å². The second-order valence-electron chi connectivity index (χ2n) is 7.05. The Morgan fingerprint density at radius 3 is 2.58 bits per heavy atom. The van der Waals surface area contributed by atoms with Gasteiger partial charge >= 0.3 is 0 Å². The highest BCUT2D eigenvalue weighted by molar-refractivity contribution is 7.91. The lowest BCUT2D eigenvalue weighted by molar-refractivity contribution is -0.118. The van der Waals surface area contributed by atoms with Gasteiger partial charge < -0.3 is 5.32 Å². The molecule has 0 saturated carbocycles. The molecule has 0 radical (unpaired) electrons. The van der Waals surface area contributed by atoms with Crippen LogP contribution in [-0.4, -0.2) is 37.6 Å². The molecule has 1 aromatic rings. The van der Waals surface area contributed by atoms with Gasteiger partial charge in [-0.1, -0.05) is 12.1 Å². The molecule has 1 aliphatic rings. The van der Waals surface area contributed by atoms with Crippen LogP contribution < -0.4 is 10.6 Å². The van der Waals surface area contributed by atoms with Crippen LogP contribution >= 0.6 is 0 Å². The Kier molecular flexibility index (Phi) is 5.01. The van der Waals surface area contributed by atoms with Gasteiger partial charge in [-0.15, -0.1) is 0 Å². The molecule has 24 heavy (non-hydrogen) atoms. The molecule has 1 saturated heterocycles. The summed E-state index contributed by atoms with van der Waals surface area (Å²) in [6.07, 6.45) is -0.545. The van der Waals surface area contributed by atoms with Crippen LogP contribution in [0.5, 0.6) is 0 Å². The third-order valence-corrected chi connectivity index (χ3v) is 6.49. The summed E-state index contributed by atoms with van der Waals surface area (Å²) in [5.74, 6) is -3.59. The lowest BCUT2D eigenvalue weighted by atomic mass is 10.1. The van der Waals surface area contributed by atoms with Crippen LogP contribution in [0.2, 0.25) is 0 Å². The topological polar surface area (TPSA) is 75.3 Å². The smallest absolute Gasteiger partial charge is 0.262 e. The largest absolute Gasteiger partial charge is 0.325 e. The van der Waals surface area contributed by atoms with Gasteiger partial charge in [0.15, 0.2) is 9.84 Å². The number of alkyl halides is 2. The van der Waals surface area contributed by atoms with E-state index < -0.39 is 45.4 Å². The Hall–Kier alpha value is -1.54. The van der Waals surface area contributed by atoms with E-state index in [4.69, 9.17) is 0 Å². The molecule has 2 rings (SSSR count). The minimum Gasteiger partial charge on any atom is -0.325 e. The van der Waals surface area contributed by atoms with Crippen LogP contribution in [0.25, 0.3) is 0 Å². The number of carbonyl (C=O) groups is 1. The van der Waals surface area contributed by atoms with Gasteiger partial charge in [0.05, 0.1) is 23.1 Å². The van der Waals surface area contributed by atoms with Crippen molar-refractivity contribution in [2.75, 3.05) is 11.9 Å². The quantitative estimate of drug-likeness (QED) is 0.864. The van der Waals surface area contributed by atoms with Crippen molar-refractivity contribution in [3.8, 4) is 0 Å². The van der Waals surface area contributed by atoms with Crippen LogP contribution in [0.15, 0.2) is 24.3 Å². The third kappa shape index (κ3) is 4.51. The molecular weight excluding hydrogens is 338 g/mol. The van der Waals surface area contributed by atoms with Crippen LogP contribution in [0.3, 0.4) is 0 Å². The van der Waals surface area contributed by atoms with Crippen molar-refractivity contribution < 1.29 is 22.0 Å². The minimum atomic E-state index is -3.35. The van der Waals surface area contributed by atoms with Crippen LogP contribution in [0, 0.1) is 0 Å². The summed E-state index contributed by atoms with van der Waals surface area (Å²) in [5.41, 5.74) is 0.922. The molecule has 2 N–H and O–H groups in total. The summed E-state index contributed by atoms with van der Waals surface area (Å²) in [4.78, 5) is 12.0. The monoisotopic (exact) mass is 360 g/mol. The maximum Gasteiger partial charge on any atom is 0.262 e. The van der Waals surface area contributed by atoms with E-state index in [2.05, 4.69) is 10.6 Å². The number of carbonyl (C=O) groups excluding carboxylic acids is 1. The molecule has 134 valence electrons. The number of hydrogen-bond acceptors (Lipinski definition) is 4. The van der Waals surface area contributed by atoms with Crippen molar-refractivity contribution in [2.45, 2.75) is 49.7 Å². The van der Waals surface area contributed by atoms with E-state index in [0.717, 1.165) is 0 Å². The Bertz CT molecular complexity index is 727. The zero-order valence-corrected chi connectivity index (χ0v) is 14.7. The van der Waals surface area contributed by atoms with E-state index >= 15 is 0 Å². The number of rotatable bonds is 4. The first-order chi connectivity index (χ1) is 10.9. The van der Waals surface area contributed by atoms with E-state index in [0.29, 0.717) is 11.3 Å². The summed E-state index contributed by atoms with van der Waals surface area (Å²) in [5, 5.41) is 5.04. The predicted molar refractivity (Wildman–Crippen MR) is 88.8 cm³/mol. The molecule has 1 amide bonds. The van der Waals surface area contributed by atoms with Gasteiger partial charge in [-0.3, -0.25) is 10.1 Å². The van der Waals surface area contributed by atoms with E-state index in [1.165, 1.54) is 0 Å². The van der Waals surface area contributed by atoms with Crippen molar-refractivity contribution >= 4 is 21.4 Å². The lowest BCUT2D eigenvalue weighted by Gasteiger charge is -2.19. The molecule has 1 heterocycles. The average Bonchev–Trinajstić information content (AvgIpc) is 2.78. The zero-order valence-electron chi connectivity index (χ0n) is 13.9. The molecule has 1 atom stereocenters. The van der Waals surface area contributed by atoms with Gasteiger partial charge in [-0.2, -0.15) is 0 Å². The van der Waals surface area contributed by atoms with Gasteiger partial charge in [-0.05, 0) is 38.5 Å². The van der Waals surface area contributed by atoms with E-state index in [-0.39, 0.29) is 5.75 Å². The molecule has 8 heteroatoms. The average molecular weight is 360 g/mol.